The SMILES string of the molecule is CCCCCCCCNC1CC2CCC1O2. The molecule has 94 valence electrons. The summed E-state index contributed by atoms with van der Waals surface area (Å²) in [7, 11) is 0. The molecule has 0 spiro atoms. The van der Waals surface area contributed by atoms with Gasteiger partial charge in [0.2, 0.25) is 0 Å². The summed E-state index contributed by atoms with van der Waals surface area (Å²) in [5, 5.41) is 3.68. The summed E-state index contributed by atoms with van der Waals surface area (Å²) in [6.07, 6.45) is 13.3. The molecule has 0 radical (unpaired) electrons. The van der Waals surface area contributed by atoms with Gasteiger partial charge in [-0.05, 0) is 32.2 Å². The Morgan fingerprint density at radius 1 is 1.06 bits per heavy atom. The van der Waals surface area contributed by atoms with Crippen LogP contribution in [0.4, 0.5) is 0 Å². The van der Waals surface area contributed by atoms with Gasteiger partial charge in [0, 0.05) is 6.04 Å². The standard InChI is InChI=1S/C14H27NO/c1-2-3-4-5-6-7-10-15-13-11-12-8-9-14(13)16-12/h12-15H,2-11H2,1H3. The highest BCUT2D eigenvalue weighted by atomic mass is 16.5. The average molecular weight is 225 g/mol. The first-order valence-electron chi connectivity index (χ1n) is 7.29. The molecule has 0 aliphatic carbocycles. The third-order valence-corrected chi connectivity index (χ3v) is 4.04. The Labute approximate surface area is 100 Å². The number of fused-ring (bicyclic) bond motifs is 2. The Hall–Kier alpha value is -0.0800. The van der Waals surface area contributed by atoms with Crippen LogP contribution in [0.25, 0.3) is 0 Å². The van der Waals surface area contributed by atoms with Crippen LogP contribution < -0.4 is 5.32 Å². The van der Waals surface area contributed by atoms with Gasteiger partial charge in [-0.3, -0.25) is 0 Å². The molecule has 1 N–H and O–H groups in total. The van der Waals surface area contributed by atoms with Gasteiger partial charge in [-0.15, -0.1) is 0 Å². The molecule has 2 saturated heterocycles. The fourth-order valence-corrected chi connectivity index (χ4v) is 3.05. The molecule has 0 aromatic heterocycles. The highest BCUT2D eigenvalue weighted by Crippen LogP contribution is 2.34. The maximum absolute atomic E-state index is 5.83. The molecule has 2 aliphatic heterocycles. The van der Waals surface area contributed by atoms with Gasteiger partial charge < -0.3 is 10.1 Å². The summed E-state index contributed by atoms with van der Waals surface area (Å²) < 4.78 is 5.83. The van der Waals surface area contributed by atoms with Gasteiger partial charge in [-0.2, -0.15) is 0 Å². The first-order chi connectivity index (χ1) is 7.90. The van der Waals surface area contributed by atoms with Crippen molar-refractivity contribution in [1.82, 2.24) is 5.32 Å². The van der Waals surface area contributed by atoms with Gasteiger partial charge in [0.1, 0.15) is 0 Å². The molecule has 0 amide bonds. The van der Waals surface area contributed by atoms with E-state index in [1.165, 1.54) is 64.3 Å². The zero-order valence-electron chi connectivity index (χ0n) is 10.7. The summed E-state index contributed by atoms with van der Waals surface area (Å²) in [5.41, 5.74) is 0. The van der Waals surface area contributed by atoms with E-state index in [2.05, 4.69) is 12.2 Å². The minimum Gasteiger partial charge on any atom is -0.373 e. The van der Waals surface area contributed by atoms with E-state index in [1.54, 1.807) is 0 Å². The van der Waals surface area contributed by atoms with Gasteiger partial charge in [-0.25, -0.2) is 0 Å². The molecule has 2 aliphatic rings. The molecule has 16 heavy (non-hydrogen) atoms. The van der Waals surface area contributed by atoms with Gasteiger partial charge >= 0.3 is 0 Å². The number of hydrogen-bond donors (Lipinski definition) is 1. The van der Waals surface area contributed by atoms with Crippen molar-refractivity contribution in [2.45, 2.75) is 83.0 Å². The Morgan fingerprint density at radius 2 is 1.88 bits per heavy atom. The first kappa shape index (κ1) is 12.4. The topological polar surface area (TPSA) is 21.3 Å². The lowest BCUT2D eigenvalue weighted by Gasteiger charge is -2.19. The molecule has 2 nitrogen and oxygen atoms in total. The smallest absolute Gasteiger partial charge is 0.0733 e. The number of rotatable bonds is 8. The summed E-state index contributed by atoms with van der Waals surface area (Å²) >= 11 is 0. The Kier molecular flexibility index (Phi) is 5.11. The van der Waals surface area contributed by atoms with Crippen LogP contribution in [-0.4, -0.2) is 24.8 Å². The molecule has 2 heterocycles. The molecule has 2 heteroatoms. The van der Waals surface area contributed by atoms with Gasteiger partial charge in [0.15, 0.2) is 0 Å². The van der Waals surface area contributed by atoms with Gasteiger partial charge in [0.05, 0.1) is 12.2 Å². The second-order valence-corrected chi connectivity index (χ2v) is 5.44. The monoisotopic (exact) mass is 225 g/mol. The largest absolute Gasteiger partial charge is 0.373 e. The van der Waals surface area contributed by atoms with Crippen LogP contribution in [0.15, 0.2) is 0 Å². The zero-order valence-corrected chi connectivity index (χ0v) is 10.7. The summed E-state index contributed by atoms with van der Waals surface area (Å²) in [6, 6.07) is 0.675. The predicted octanol–water partition coefficient (Wildman–Crippen LogP) is 3.26. The van der Waals surface area contributed by atoms with E-state index in [0.717, 1.165) is 0 Å². The van der Waals surface area contributed by atoms with E-state index in [4.69, 9.17) is 4.74 Å². The summed E-state index contributed by atoms with van der Waals surface area (Å²) in [5.74, 6) is 0. The van der Waals surface area contributed by atoms with Gasteiger partial charge in [0.25, 0.3) is 0 Å². The molecule has 0 aromatic rings. The number of ether oxygens (including phenoxy) is 1. The highest BCUT2D eigenvalue weighted by molar-refractivity contribution is 4.93. The number of nitrogens with one attached hydrogen (secondary N) is 1. The van der Waals surface area contributed by atoms with Crippen molar-refractivity contribution in [3.8, 4) is 0 Å². The predicted molar refractivity (Wildman–Crippen MR) is 67.7 cm³/mol. The molecule has 2 fully saturated rings. The van der Waals surface area contributed by atoms with Crippen LogP contribution >= 0.6 is 0 Å². The van der Waals surface area contributed by atoms with Crippen LogP contribution in [0, 0.1) is 0 Å². The first-order valence-corrected chi connectivity index (χ1v) is 7.29. The van der Waals surface area contributed by atoms with Crippen LogP contribution in [0.3, 0.4) is 0 Å². The lowest BCUT2D eigenvalue weighted by atomic mass is 9.95. The molecule has 2 rings (SSSR count). The fourth-order valence-electron chi connectivity index (χ4n) is 3.05. The van der Waals surface area contributed by atoms with E-state index >= 15 is 0 Å². The second kappa shape index (κ2) is 6.61. The molecule has 2 bridgehead atoms. The van der Waals surface area contributed by atoms with E-state index in [-0.39, 0.29) is 0 Å². The average Bonchev–Trinajstić information content (AvgIpc) is 2.90. The van der Waals surface area contributed by atoms with Crippen LogP contribution in [0.1, 0.15) is 64.7 Å². The van der Waals surface area contributed by atoms with Crippen LogP contribution in [-0.2, 0) is 4.74 Å². The molecule has 0 aromatic carbocycles. The number of unbranched alkanes of at least 4 members (excludes halogenated alkanes) is 5. The minimum absolute atomic E-state index is 0.546. The summed E-state index contributed by atoms with van der Waals surface area (Å²) in [6.45, 7) is 3.47. The third-order valence-electron chi connectivity index (χ3n) is 4.04. The minimum atomic E-state index is 0.546. The third kappa shape index (κ3) is 3.46. The van der Waals surface area contributed by atoms with Crippen LogP contribution in [0.5, 0.6) is 0 Å². The van der Waals surface area contributed by atoms with Crippen molar-refractivity contribution in [3.05, 3.63) is 0 Å². The lowest BCUT2D eigenvalue weighted by molar-refractivity contribution is 0.0974. The molecule has 3 unspecified atom stereocenters. The highest BCUT2D eigenvalue weighted by Gasteiger charge is 2.40. The van der Waals surface area contributed by atoms with Crippen molar-refractivity contribution in [2.75, 3.05) is 6.54 Å². The van der Waals surface area contributed by atoms with Crippen molar-refractivity contribution in [2.24, 2.45) is 0 Å². The number of hydrogen-bond acceptors (Lipinski definition) is 2. The molecular formula is C14H27NO. The fraction of sp³-hybridized carbons (Fsp3) is 1.00. The lowest BCUT2D eigenvalue weighted by Crippen LogP contribution is -2.37. The zero-order chi connectivity index (χ0) is 11.2. The van der Waals surface area contributed by atoms with Crippen molar-refractivity contribution in [1.29, 1.82) is 0 Å². The second-order valence-electron chi connectivity index (χ2n) is 5.44. The van der Waals surface area contributed by atoms with E-state index < -0.39 is 0 Å². The van der Waals surface area contributed by atoms with E-state index in [9.17, 15) is 0 Å². The Bertz CT molecular complexity index is 195. The van der Waals surface area contributed by atoms with Crippen molar-refractivity contribution < 1.29 is 4.74 Å². The maximum atomic E-state index is 5.83. The summed E-state index contributed by atoms with van der Waals surface area (Å²) in [4.78, 5) is 0. The van der Waals surface area contributed by atoms with Crippen molar-refractivity contribution >= 4 is 0 Å². The Morgan fingerprint density at radius 3 is 2.56 bits per heavy atom. The molecule has 0 saturated carbocycles. The van der Waals surface area contributed by atoms with E-state index in [0.29, 0.717) is 18.2 Å². The normalized spacial score (nSPS) is 32.4. The quantitative estimate of drug-likeness (QED) is 0.640. The van der Waals surface area contributed by atoms with Crippen LogP contribution in [0.2, 0.25) is 0 Å². The van der Waals surface area contributed by atoms with E-state index in [1.807, 2.05) is 0 Å². The van der Waals surface area contributed by atoms with Gasteiger partial charge in [-0.1, -0.05) is 39.0 Å². The molecule has 3 atom stereocenters. The molecular weight excluding hydrogens is 198 g/mol. The maximum Gasteiger partial charge on any atom is 0.0733 e. The Balaban J connectivity index is 1.43. The van der Waals surface area contributed by atoms with Crippen molar-refractivity contribution in [3.63, 3.8) is 0 Å².